The molecule has 0 amide bonds. The van der Waals surface area contributed by atoms with Gasteiger partial charge in [0.1, 0.15) is 0 Å². The van der Waals surface area contributed by atoms with Crippen molar-refractivity contribution in [3.63, 3.8) is 0 Å². The molecule has 0 radical (unpaired) electrons. The topological polar surface area (TPSA) is 63.4 Å². The molecule has 2 rings (SSSR count). The summed E-state index contributed by atoms with van der Waals surface area (Å²) in [5, 5.41) is 0.389. The van der Waals surface area contributed by atoms with E-state index in [1.165, 1.54) is 4.31 Å². The SMILES string of the molecule is CC(N)C1CCCCN1S(=O)(=O)c1cccc(Cl)c1Br.Cl. The van der Waals surface area contributed by atoms with E-state index in [1.807, 2.05) is 6.92 Å². The van der Waals surface area contributed by atoms with Gasteiger partial charge in [-0.05, 0) is 47.8 Å². The van der Waals surface area contributed by atoms with Crippen molar-refractivity contribution in [2.24, 2.45) is 5.73 Å². The van der Waals surface area contributed by atoms with Gasteiger partial charge in [0.2, 0.25) is 10.0 Å². The fraction of sp³-hybridized carbons (Fsp3) is 0.538. The third kappa shape index (κ3) is 3.92. The molecule has 0 spiro atoms. The maximum atomic E-state index is 12.9. The molecular formula is C13H19BrCl2N2O2S. The van der Waals surface area contributed by atoms with Crippen molar-refractivity contribution in [1.82, 2.24) is 4.31 Å². The fourth-order valence-electron chi connectivity index (χ4n) is 2.56. The Kier molecular flexibility index (Phi) is 6.96. The first kappa shape index (κ1) is 19.2. The van der Waals surface area contributed by atoms with Crippen LogP contribution in [-0.4, -0.2) is 31.4 Å². The maximum Gasteiger partial charge on any atom is 0.244 e. The van der Waals surface area contributed by atoms with Crippen molar-refractivity contribution < 1.29 is 8.42 Å². The van der Waals surface area contributed by atoms with Gasteiger partial charge in [-0.25, -0.2) is 8.42 Å². The number of benzene rings is 1. The van der Waals surface area contributed by atoms with Crippen molar-refractivity contribution in [2.45, 2.75) is 43.2 Å². The summed E-state index contributed by atoms with van der Waals surface area (Å²) >= 11 is 9.27. The zero-order valence-corrected chi connectivity index (χ0v) is 15.6. The minimum atomic E-state index is -3.59. The lowest BCUT2D eigenvalue weighted by atomic mass is 10.00. The molecule has 2 unspecified atom stereocenters. The van der Waals surface area contributed by atoms with Gasteiger partial charge in [-0.2, -0.15) is 4.31 Å². The van der Waals surface area contributed by atoms with Gasteiger partial charge in [-0.15, -0.1) is 12.4 Å². The number of hydrogen-bond acceptors (Lipinski definition) is 3. The van der Waals surface area contributed by atoms with Crippen LogP contribution in [0.15, 0.2) is 27.6 Å². The van der Waals surface area contributed by atoms with Crippen LogP contribution in [0.25, 0.3) is 0 Å². The molecule has 4 nitrogen and oxygen atoms in total. The number of piperidine rings is 1. The first-order chi connectivity index (χ1) is 9.35. The molecule has 0 bridgehead atoms. The molecule has 0 aliphatic carbocycles. The zero-order chi connectivity index (χ0) is 14.9. The summed E-state index contributed by atoms with van der Waals surface area (Å²) in [6.45, 7) is 2.36. The normalized spacial score (nSPS) is 21.6. The molecule has 1 heterocycles. The van der Waals surface area contributed by atoms with E-state index >= 15 is 0 Å². The quantitative estimate of drug-likeness (QED) is 0.819. The number of sulfonamides is 1. The minimum Gasteiger partial charge on any atom is -0.326 e. The Morgan fingerprint density at radius 2 is 2.10 bits per heavy atom. The Morgan fingerprint density at radius 1 is 1.43 bits per heavy atom. The van der Waals surface area contributed by atoms with Crippen LogP contribution in [0.1, 0.15) is 26.2 Å². The van der Waals surface area contributed by atoms with Gasteiger partial charge < -0.3 is 5.73 Å². The molecule has 2 N–H and O–H groups in total. The van der Waals surface area contributed by atoms with E-state index in [0.29, 0.717) is 16.0 Å². The fourth-order valence-corrected chi connectivity index (χ4v) is 5.54. The lowest BCUT2D eigenvalue weighted by Gasteiger charge is -2.37. The van der Waals surface area contributed by atoms with E-state index in [1.54, 1.807) is 18.2 Å². The van der Waals surface area contributed by atoms with E-state index < -0.39 is 10.0 Å². The first-order valence-corrected chi connectivity index (χ1v) is 9.18. The Bertz CT molecular complexity index is 596. The van der Waals surface area contributed by atoms with E-state index in [-0.39, 0.29) is 29.4 Å². The number of nitrogens with two attached hydrogens (primary N) is 1. The van der Waals surface area contributed by atoms with E-state index in [4.69, 9.17) is 17.3 Å². The summed E-state index contributed by atoms with van der Waals surface area (Å²) in [5.41, 5.74) is 5.96. The Balaban J connectivity index is 0.00000220. The second kappa shape index (κ2) is 7.62. The van der Waals surface area contributed by atoms with Crippen LogP contribution in [0, 0.1) is 0 Å². The second-order valence-electron chi connectivity index (χ2n) is 5.09. The predicted molar refractivity (Wildman–Crippen MR) is 91.6 cm³/mol. The molecule has 1 aromatic rings. The highest BCUT2D eigenvalue weighted by molar-refractivity contribution is 9.10. The summed E-state index contributed by atoms with van der Waals surface area (Å²) in [6, 6.07) is 4.52. The number of nitrogens with zero attached hydrogens (tertiary/aromatic N) is 1. The molecule has 8 heteroatoms. The van der Waals surface area contributed by atoms with Crippen LogP contribution in [0.3, 0.4) is 0 Å². The lowest BCUT2D eigenvalue weighted by Crippen LogP contribution is -2.51. The molecule has 21 heavy (non-hydrogen) atoms. The highest BCUT2D eigenvalue weighted by atomic mass is 79.9. The molecule has 1 fully saturated rings. The Morgan fingerprint density at radius 3 is 2.71 bits per heavy atom. The second-order valence-corrected chi connectivity index (χ2v) is 8.15. The molecule has 1 aliphatic rings. The molecule has 0 saturated carbocycles. The Hall–Kier alpha value is 0.150. The molecule has 0 aromatic heterocycles. The summed E-state index contributed by atoms with van der Waals surface area (Å²) in [7, 11) is -3.59. The summed E-state index contributed by atoms with van der Waals surface area (Å²) in [5.74, 6) is 0. The summed E-state index contributed by atoms with van der Waals surface area (Å²) in [4.78, 5) is 0.206. The third-order valence-corrected chi connectivity index (χ3v) is 7.23. The van der Waals surface area contributed by atoms with Gasteiger partial charge in [0.25, 0.3) is 0 Å². The van der Waals surface area contributed by atoms with Gasteiger partial charge in [-0.1, -0.05) is 24.1 Å². The van der Waals surface area contributed by atoms with Crippen LogP contribution in [-0.2, 0) is 10.0 Å². The maximum absolute atomic E-state index is 12.9. The van der Waals surface area contributed by atoms with Gasteiger partial charge in [0.05, 0.1) is 14.4 Å². The molecule has 2 atom stereocenters. The first-order valence-electron chi connectivity index (χ1n) is 6.57. The van der Waals surface area contributed by atoms with Crippen molar-refractivity contribution in [1.29, 1.82) is 0 Å². The molecule has 1 aliphatic heterocycles. The average Bonchev–Trinajstić information content (AvgIpc) is 2.41. The van der Waals surface area contributed by atoms with Crippen LogP contribution >= 0.6 is 39.9 Å². The van der Waals surface area contributed by atoms with E-state index in [2.05, 4.69) is 15.9 Å². The van der Waals surface area contributed by atoms with Crippen molar-refractivity contribution in [3.8, 4) is 0 Å². The van der Waals surface area contributed by atoms with Crippen LogP contribution in [0.4, 0.5) is 0 Å². The van der Waals surface area contributed by atoms with Crippen molar-refractivity contribution in [2.75, 3.05) is 6.54 Å². The summed E-state index contributed by atoms with van der Waals surface area (Å²) < 4.78 is 27.7. The number of rotatable bonds is 3. The standard InChI is InChI=1S/C13H18BrClN2O2S.ClH/c1-9(16)11-6-2-3-8-17(11)20(18,19)12-7-4-5-10(15)13(12)14;/h4-5,7,9,11H,2-3,6,8,16H2,1H3;1H. The van der Waals surface area contributed by atoms with Crippen LogP contribution in [0.5, 0.6) is 0 Å². The van der Waals surface area contributed by atoms with Crippen LogP contribution < -0.4 is 5.73 Å². The van der Waals surface area contributed by atoms with Crippen molar-refractivity contribution >= 4 is 50.0 Å². The average molecular weight is 418 g/mol. The van der Waals surface area contributed by atoms with E-state index in [0.717, 1.165) is 19.3 Å². The van der Waals surface area contributed by atoms with Gasteiger partial charge >= 0.3 is 0 Å². The molecule has 120 valence electrons. The monoisotopic (exact) mass is 416 g/mol. The summed E-state index contributed by atoms with van der Waals surface area (Å²) in [6.07, 6.45) is 2.67. The van der Waals surface area contributed by atoms with Gasteiger partial charge in [0, 0.05) is 18.6 Å². The molecule has 1 aromatic carbocycles. The van der Waals surface area contributed by atoms with Gasteiger partial charge in [0.15, 0.2) is 0 Å². The zero-order valence-electron chi connectivity index (χ0n) is 11.6. The highest BCUT2D eigenvalue weighted by Gasteiger charge is 2.36. The number of hydrogen-bond donors (Lipinski definition) is 1. The smallest absolute Gasteiger partial charge is 0.244 e. The largest absolute Gasteiger partial charge is 0.326 e. The molecular weight excluding hydrogens is 399 g/mol. The van der Waals surface area contributed by atoms with Crippen LogP contribution in [0.2, 0.25) is 5.02 Å². The van der Waals surface area contributed by atoms with Gasteiger partial charge in [-0.3, -0.25) is 0 Å². The highest BCUT2D eigenvalue weighted by Crippen LogP contribution is 2.34. The Labute approximate surface area is 145 Å². The molecule has 1 saturated heterocycles. The lowest BCUT2D eigenvalue weighted by molar-refractivity contribution is 0.227. The predicted octanol–water partition coefficient (Wildman–Crippen LogP) is 3.41. The van der Waals surface area contributed by atoms with Crippen molar-refractivity contribution in [3.05, 3.63) is 27.7 Å². The van der Waals surface area contributed by atoms with E-state index in [9.17, 15) is 8.42 Å². The number of halogens is 3. The third-order valence-electron chi connectivity index (χ3n) is 3.61. The minimum absolute atomic E-state index is 0.